The van der Waals surface area contributed by atoms with E-state index in [1.54, 1.807) is 0 Å². The van der Waals surface area contributed by atoms with Gasteiger partial charge in [0.05, 0.1) is 0 Å². The zero-order valence-corrected chi connectivity index (χ0v) is 14.0. The maximum absolute atomic E-state index is 7.59. The molecular formula is C14H28N2O3Si. The van der Waals surface area contributed by atoms with E-state index in [0.29, 0.717) is 19.8 Å². The van der Waals surface area contributed by atoms with Crippen molar-refractivity contribution in [2.45, 2.75) is 52.5 Å². The molecule has 0 aliphatic heterocycles. The predicted molar refractivity (Wildman–Crippen MR) is 83.9 cm³/mol. The van der Waals surface area contributed by atoms with E-state index in [1.165, 1.54) is 5.71 Å². The summed E-state index contributed by atoms with van der Waals surface area (Å²) in [6, 6.07) is 0.816. The van der Waals surface area contributed by atoms with E-state index in [9.17, 15) is 0 Å². The molecule has 1 fully saturated rings. The average Bonchev–Trinajstić information content (AvgIpc) is 2.82. The van der Waals surface area contributed by atoms with Gasteiger partial charge in [0.2, 0.25) is 0 Å². The smallest absolute Gasteiger partial charge is 0.374 e. The lowest BCUT2D eigenvalue weighted by molar-refractivity contribution is 0.0710. The van der Waals surface area contributed by atoms with Gasteiger partial charge >= 0.3 is 8.80 Å². The van der Waals surface area contributed by atoms with Crippen molar-refractivity contribution in [1.29, 1.82) is 5.41 Å². The van der Waals surface area contributed by atoms with Gasteiger partial charge in [-0.25, -0.2) is 0 Å². The maximum atomic E-state index is 7.59. The molecule has 0 saturated heterocycles. The molecule has 0 spiro atoms. The predicted octanol–water partition coefficient (Wildman–Crippen LogP) is 3.07. The summed E-state index contributed by atoms with van der Waals surface area (Å²) in [4.78, 5) is 4.59. The highest BCUT2D eigenvalue weighted by molar-refractivity contribution is 6.60. The summed E-state index contributed by atoms with van der Waals surface area (Å²) in [5, 5.41) is 7.59. The van der Waals surface area contributed by atoms with Gasteiger partial charge in [-0.2, -0.15) is 0 Å². The van der Waals surface area contributed by atoms with Crippen LogP contribution in [0.1, 0.15) is 46.5 Å². The Balaban J connectivity index is 2.42. The third-order valence-electron chi connectivity index (χ3n) is 3.20. The molecule has 0 aromatic carbocycles. The summed E-state index contributed by atoms with van der Waals surface area (Å²) in [5.41, 5.74) is 1.98. The molecule has 116 valence electrons. The SMILES string of the molecule is CCO[Si](CCCN=C1CCC(=N)C1)(OCC)OCC. The highest BCUT2D eigenvalue weighted by Crippen LogP contribution is 2.19. The molecule has 1 N–H and O–H groups in total. The minimum Gasteiger partial charge on any atom is -0.374 e. The van der Waals surface area contributed by atoms with Crippen LogP contribution in [0.3, 0.4) is 0 Å². The van der Waals surface area contributed by atoms with Crippen molar-refractivity contribution in [3.63, 3.8) is 0 Å². The Bertz CT molecular complexity index is 317. The highest BCUT2D eigenvalue weighted by Gasteiger charge is 2.39. The number of nitrogens with zero attached hydrogens (tertiary/aromatic N) is 1. The third kappa shape index (κ3) is 5.83. The minimum absolute atomic E-state index is 0.623. The van der Waals surface area contributed by atoms with Crippen LogP contribution in [0.25, 0.3) is 0 Å². The van der Waals surface area contributed by atoms with Crippen LogP contribution >= 0.6 is 0 Å². The Kier molecular flexibility index (Phi) is 8.21. The molecule has 0 heterocycles. The first kappa shape index (κ1) is 17.5. The lowest BCUT2D eigenvalue weighted by atomic mass is 10.3. The van der Waals surface area contributed by atoms with Crippen molar-refractivity contribution in [2.24, 2.45) is 4.99 Å². The number of hydrogen-bond acceptors (Lipinski definition) is 5. The van der Waals surface area contributed by atoms with E-state index in [0.717, 1.165) is 44.0 Å². The van der Waals surface area contributed by atoms with Crippen LogP contribution < -0.4 is 0 Å². The fourth-order valence-electron chi connectivity index (χ4n) is 2.39. The number of rotatable bonds is 10. The molecule has 1 rings (SSSR count). The van der Waals surface area contributed by atoms with E-state index in [1.807, 2.05) is 20.8 Å². The molecule has 1 aliphatic carbocycles. The van der Waals surface area contributed by atoms with Gasteiger partial charge in [-0.05, 0) is 40.0 Å². The van der Waals surface area contributed by atoms with Gasteiger partial charge in [-0.1, -0.05) is 0 Å². The number of nitrogens with one attached hydrogen (secondary N) is 1. The third-order valence-corrected chi connectivity index (χ3v) is 6.35. The molecular weight excluding hydrogens is 272 g/mol. The highest BCUT2D eigenvalue weighted by atomic mass is 28.4. The quantitative estimate of drug-likeness (QED) is 0.498. The van der Waals surface area contributed by atoms with Crippen molar-refractivity contribution in [3.8, 4) is 0 Å². The first-order chi connectivity index (χ1) is 9.65. The van der Waals surface area contributed by atoms with Gasteiger partial charge < -0.3 is 18.7 Å². The second kappa shape index (κ2) is 9.39. The van der Waals surface area contributed by atoms with Crippen molar-refractivity contribution < 1.29 is 13.3 Å². The van der Waals surface area contributed by atoms with E-state index in [-0.39, 0.29) is 0 Å². The second-order valence-corrected chi connectivity index (χ2v) is 7.55. The molecule has 0 aromatic rings. The molecule has 0 atom stereocenters. The molecule has 1 saturated carbocycles. The Labute approximate surface area is 123 Å². The lowest BCUT2D eigenvalue weighted by Gasteiger charge is -2.28. The van der Waals surface area contributed by atoms with Gasteiger partial charge in [0.25, 0.3) is 0 Å². The number of aliphatic imine (C=N–C) groups is 1. The molecule has 0 unspecified atom stereocenters. The number of hydrogen-bond donors (Lipinski definition) is 1. The van der Waals surface area contributed by atoms with Gasteiger partial charge in [0.15, 0.2) is 0 Å². The summed E-state index contributed by atoms with van der Waals surface area (Å²) >= 11 is 0. The Morgan fingerprint density at radius 2 is 1.65 bits per heavy atom. The Morgan fingerprint density at radius 1 is 1.05 bits per heavy atom. The fraction of sp³-hybridized carbons (Fsp3) is 0.857. The first-order valence-corrected chi connectivity index (χ1v) is 9.59. The van der Waals surface area contributed by atoms with E-state index < -0.39 is 8.80 Å². The standard InChI is InChI=1S/C14H28N2O3Si/c1-4-17-20(18-5-2,19-6-3)11-7-10-16-14-9-8-13(15)12-14/h15H,4-12H2,1-3H3. The summed E-state index contributed by atoms with van der Waals surface area (Å²) in [5.74, 6) is 0. The van der Waals surface area contributed by atoms with Gasteiger partial charge in [0.1, 0.15) is 0 Å². The van der Waals surface area contributed by atoms with E-state index in [2.05, 4.69) is 4.99 Å². The van der Waals surface area contributed by atoms with Gasteiger partial charge in [-0.15, -0.1) is 0 Å². The van der Waals surface area contributed by atoms with Gasteiger partial charge in [0, 0.05) is 50.3 Å². The molecule has 5 nitrogen and oxygen atoms in total. The van der Waals surface area contributed by atoms with Crippen LogP contribution in [0.15, 0.2) is 4.99 Å². The summed E-state index contributed by atoms with van der Waals surface area (Å²) in [7, 11) is -2.50. The summed E-state index contributed by atoms with van der Waals surface area (Å²) < 4.78 is 17.4. The molecule has 1 aliphatic rings. The summed E-state index contributed by atoms with van der Waals surface area (Å²) in [6.07, 6.45) is 3.53. The van der Waals surface area contributed by atoms with Crippen molar-refractivity contribution >= 4 is 20.2 Å². The summed E-state index contributed by atoms with van der Waals surface area (Å²) in [6.45, 7) is 8.58. The fourth-order valence-corrected chi connectivity index (χ4v) is 4.98. The van der Waals surface area contributed by atoms with Crippen LogP contribution in [-0.4, -0.2) is 46.6 Å². The minimum atomic E-state index is -2.50. The molecule has 0 amide bonds. The van der Waals surface area contributed by atoms with Gasteiger partial charge in [-0.3, -0.25) is 4.99 Å². The largest absolute Gasteiger partial charge is 0.500 e. The van der Waals surface area contributed by atoms with E-state index in [4.69, 9.17) is 18.7 Å². The molecule has 0 aromatic heterocycles. The Morgan fingerprint density at radius 3 is 2.10 bits per heavy atom. The first-order valence-electron chi connectivity index (χ1n) is 7.66. The van der Waals surface area contributed by atoms with Crippen LogP contribution in [0.4, 0.5) is 0 Å². The molecule has 0 bridgehead atoms. The van der Waals surface area contributed by atoms with Crippen molar-refractivity contribution in [2.75, 3.05) is 26.4 Å². The normalized spacial score (nSPS) is 18.1. The van der Waals surface area contributed by atoms with Crippen molar-refractivity contribution in [1.82, 2.24) is 0 Å². The zero-order valence-electron chi connectivity index (χ0n) is 13.0. The second-order valence-electron chi connectivity index (χ2n) is 4.81. The van der Waals surface area contributed by atoms with E-state index >= 15 is 0 Å². The monoisotopic (exact) mass is 300 g/mol. The van der Waals surface area contributed by atoms with Crippen LogP contribution in [0.2, 0.25) is 6.04 Å². The van der Waals surface area contributed by atoms with Crippen LogP contribution in [-0.2, 0) is 13.3 Å². The topological polar surface area (TPSA) is 63.9 Å². The Hall–Kier alpha value is -0.563. The average molecular weight is 300 g/mol. The molecule has 20 heavy (non-hydrogen) atoms. The maximum Gasteiger partial charge on any atom is 0.500 e. The van der Waals surface area contributed by atoms with Crippen molar-refractivity contribution in [3.05, 3.63) is 0 Å². The molecule has 0 radical (unpaired) electrons. The lowest BCUT2D eigenvalue weighted by Crippen LogP contribution is -2.46. The van der Waals surface area contributed by atoms with Crippen LogP contribution in [0.5, 0.6) is 0 Å². The zero-order chi connectivity index (χ0) is 14.8. The van der Waals surface area contributed by atoms with Crippen LogP contribution in [0, 0.1) is 5.41 Å². The molecule has 6 heteroatoms.